The van der Waals surface area contributed by atoms with Crippen LogP contribution in [-0.4, -0.2) is 17.5 Å². The van der Waals surface area contributed by atoms with Crippen LogP contribution in [0.4, 0.5) is 5.82 Å². The van der Waals surface area contributed by atoms with Crippen molar-refractivity contribution in [3.8, 4) is 5.75 Å². The maximum Gasteiger partial charge on any atom is 0.340 e. The van der Waals surface area contributed by atoms with Gasteiger partial charge in [0, 0.05) is 17.6 Å². The van der Waals surface area contributed by atoms with Crippen molar-refractivity contribution in [1.82, 2.24) is 4.98 Å². The number of carbonyl (C=O) groups is 1. The van der Waals surface area contributed by atoms with E-state index in [1.165, 1.54) is 0 Å². The molecular weight excluding hydrogens is 356 g/mol. The number of fused-ring (bicyclic) bond motifs is 1. The van der Waals surface area contributed by atoms with Crippen LogP contribution in [0, 0.1) is 13.8 Å². The second-order valence-corrected chi connectivity index (χ2v) is 6.84. The van der Waals surface area contributed by atoms with Crippen LogP contribution in [0.5, 0.6) is 5.75 Å². The largest absolute Gasteiger partial charge is 0.489 e. The number of hydrogen-bond acceptors (Lipinski definition) is 5. The zero-order valence-electron chi connectivity index (χ0n) is 16.2. The quantitative estimate of drug-likeness (QED) is 0.519. The van der Waals surface area contributed by atoms with Crippen molar-refractivity contribution >= 4 is 22.7 Å². The number of hydrogen-bond donors (Lipinski definition) is 1. The van der Waals surface area contributed by atoms with Crippen molar-refractivity contribution in [2.45, 2.75) is 27.2 Å². The summed E-state index contributed by atoms with van der Waals surface area (Å²) in [6, 6.07) is 8.87. The molecule has 28 heavy (non-hydrogen) atoms. The number of benzene rings is 1. The summed E-state index contributed by atoms with van der Waals surface area (Å²) < 4.78 is 11.0. The molecule has 1 aromatic carbocycles. The predicted molar refractivity (Wildman–Crippen MR) is 109 cm³/mol. The molecule has 144 valence electrons. The van der Waals surface area contributed by atoms with E-state index in [4.69, 9.17) is 9.15 Å². The number of rotatable bonds is 6. The Hall–Kier alpha value is -3.41. The van der Waals surface area contributed by atoms with Gasteiger partial charge in [0.25, 0.3) is 0 Å². The zero-order chi connectivity index (χ0) is 20.3. The summed E-state index contributed by atoms with van der Waals surface area (Å²) in [5, 5.41) is 3.46. The molecule has 0 bridgehead atoms. The molecule has 0 aliphatic heterocycles. The van der Waals surface area contributed by atoms with Crippen LogP contribution in [0.25, 0.3) is 11.0 Å². The van der Waals surface area contributed by atoms with Gasteiger partial charge in [-0.1, -0.05) is 12.6 Å². The molecule has 2 heterocycles. The van der Waals surface area contributed by atoms with Crippen molar-refractivity contribution in [2.24, 2.45) is 0 Å². The van der Waals surface area contributed by atoms with Crippen LogP contribution in [0.3, 0.4) is 0 Å². The fourth-order valence-electron chi connectivity index (χ4n) is 2.76. The van der Waals surface area contributed by atoms with E-state index < -0.39 is 5.63 Å². The summed E-state index contributed by atoms with van der Waals surface area (Å²) in [6.45, 7) is 9.77. The molecule has 3 rings (SSSR count). The highest BCUT2D eigenvalue weighted by molar-refractivity contribution is 5.92. The van der Waals surface area contributed by atoms with Crippen molar-refractivity contribution in [2.75, 3.05) is 11.9 Å². The normalized spacial score (nSPS) is 10.7. The van der Waals surface area contributed by atoms with Gasteiger partial charge in [0.05, 0.1) is 12.0 Å². The van der Waals surface area contributed by atoms with Gasteiger partial charge < -0.3 is 14.5 Å². The molecule has 0 atom stereocenters. The number of ether oxygens (including phenoxy) is 1. The van der Waals surface area contributed by atoms with Crippen LogP contribution in [0.2, 0.25) is 0 Å². The molecule has 1 amide bonds. The lowest BCUT2D eigenvalue weighted by atomic mass is 10.0. The minimum absolute atomic E-state index is 0.0897. The minimum Gasteiger partial charge on any atom is -0.489 e. The summed E-state index contributed by atoms with van der Waals surface area (Å²) in [4.78, 5) is 28.9. The predicted octanol–water partition coefficient (Wildman–Crippen LogP) is 3.94. The highest BCUT2D eigenvalue weighted by Crippen LogP contribution is 2.24. The summed E-state index contributed by atoms with van der Waals surface area (Å²) in [5.74, 6) is 0.708. The summed E-state index contributed by atoms with van der Waals surface area (Å²) in [6.07, 6.45) is 1.58. The molecule has 0 saturated heterocycles. The zero-order valence-corrected chi connectivity index (χ0v) is 16.2. The third-order valence-corrected chi connectivity index (χ3v) is 4.26. The summed E-state index contributed by atoms with van der Waals surface area (Å²) in [5.41, 5.74) is 2.82. The van der Waals surface area contributed by atoms with Crippen molar-refractivity contribution in [3.05, 3.63) is 75.8 Å². The van der Waals surface area contributed by atoms with Gasteiger partial charge in [0.1, 0.15) is 23.8 Å². The molecule has 6 heteroatoms. The molecule has 1 N–H and O–H groups in total. The highest BCUT2D eigenvalue weighted by atomic mass is 16.5. The number of carbonyl (C=O) groups excluding carboxylic acids is 1. The Bertz CT molecular complexity index is 1100. The topological polar surface area (TPSA) is 81.4 Å². The van der Waals surface area contributed by atoms with Crippen molar-refractivity contribution in [3.63, 3.8) is 0 Å². The molecule has 0 saturated carbocycles. The molecule has 0 unspecified atom stereocenters. The Labute approximate surface area is 162 Å². The molecule has 3 aromatic rings. The van der Waals surface area contributed by atoms with Crippen LogP contribution < -0.4 is 15.7 Å². The molecule has 2 aromatic heterocycles. The van der Waals surface area contributed by atoms with Crippen LogP contribution in [-0.2, 0) is 11.2 Å². The van der Waals surface area contributed by atoms with Gasteiger partial charge in [-0.15, -0.1) is 0 Å². The Morgan fingerprint density at radius 2 is 2.04 bits per heavy atom. The Balaban J connectivity index is 1.84. The monoisotopic (exact) mass is 378 g/mol. The van der Waals surface area contributed by atoms with Gasteiger partial charge in [0.2, 0.25) is 5.91 Å². The van der Waals surface area contributed by atoms with E-state index in [2.05, 4.69) is 16.9 Å². The molecule has 6 nitrogen and oxygen atoms in total. The van der Waals surface area contributed by atoms with E-state index in [9.17, 15) is 9.59 Å². The second kappa shape index (κ2) is 8.08. The third-order valence-electron chi connectivity index (χ3n) is 4.26. The lowest BCUT2D eigenvalue weighted by Gasteiger charge is -2.10. The maximum atomic E-state index is 12.4. The molecule has 0 aliphatic carbocycles. The molecule has 0 fully saturated rings. The number of nitrogens with one attached hydrogen (secondary N) is 1. The third kappa shape index (κ3) is 4.46. The first-order chi connectivity index (χ1) is 13.3. The first kappa shape index (κ1) is 19.4. The fraction of sp³-hybridized carbons (Fsp3) is 0.227. The Morgan fingerprint density at radius 1 is 1.25 bits per heavy atom. The van der Waals surface area contributed by atoms with E-state index in [0.717, 1.165) is 16.5 Å². The molecule has 0 radical (unpaired) electrons. The molecular formula is C22H22N2O4. The van der Waals surface area contributed by atoms with Gasteiger partial charge in [-0.05, 0) is 55.7 Å². The standard InChI is InChI=1S/C22H22N2O4/c1-13(2)12-27-16-6-7-17-15(4)18(22(26)28-19(17)9-16)10-21(25)24-20-8-5-14(3)11-23-20/h5-9,11H,1,10,12H2,2-4H3,(H,23,24,25). The van der Waals surface area contributed by atoms with Crippen LogP contribution in [0.1, 0.15) is 23.6 Å². The van der Waals surface area contributed by atoms with Gasteiger partial charge in [0.15, 0.2) is 0 Å². The SMILES string of the molecule is C=C(C)COc1ccc2c(C)c(CC(=O)Nc3ccc(C)cn3)c(=O)oc2c1. The lowest BCUT2D eigenvalue weighted by Crippen LogP contribution is -2.21. The first-order valence-corrected chi connectivity index (χ1v) is 8.89. The van der Waals surface area contributed by atoms with Gasteiger partial charge in [-0.3, -0.25) is 4.79 Å². The first-order valence-electron chi connectivity index (χ1n) is 8.89. The number of aryl methyl sites for hydroxylation is 2. The fourth-order valence-corrected chi connectivity index (χ4v) is 2.76. The van der Waals surface area contributed by atoms with Gasteiger partial charge >= 0.3 is 5.63 Å². The van der Waals surface area contributed by atoms with E-state index in [1.807, 2.05) is 26.0 Å². The van der Waals surface area contributed by atoms with Gasteiger partial charge in [-0.2, -0.15) is 0 Å². The lowest BCUT2D eigenvalue weighted by molar-refractivity contribution is -0.115. The number of amides is 1. The Kier molecular flexibility index (Phi) is 5.59. The minimum atomic E-state index is -0.533. The molecule has 0 aliphatic rings. The second-order valence-electron chi connectivity index (χ2n) is 6.84. The number of pyridine rings is 1. The average molecular weight is 378 g/mol. The summed E-state index contributed by atoms with van der Waals surface area (Å²) >= 11 is 0. The van der Waals surface area contributed by atoms with Gasteiger partial charge in [-0.25, -0.2) is 9.78 Å². The number of anilines is 1. The van der Waals surface area contributed by atoms with E-state index in [-0.39, 0.29) is 12.3 Å². The molecule has 0 spiro atoms. The highest BCUT2D eigenvalue weighted by Gasteiger charge is 2.16. The number of nitrogens with zero attached hydrogens (tertiary/aromatic N) is 1. The summed E-state index contributed by atoms with van der Waals surface area (Å²) in [7, 11) is 0. The van der Waals surface area contributed by atoms with Crippen molar-refractivity contribution < 1.29 is 13.9 Å². The van der Waals surface area contributed by atoms with Crippen molar-refractivity contribution in [1.29, 1.82) is 0 Å². The van der Waals surface area contributed by atoms with E-state index in [0.29, 0.717) is 34.9 Å². The van der Waals surface area contributed by atoms with Crippen LogP contribution >= 0.6 is 0 Å². The number of aromatic nitrogens is 1. The smallest absolute Gasteiger partial charge is 0.340 e. The van der Waals surface area contributed by atoms with Crippen LogP contribution in [0.15, 0.2) is 57.9 Å². The maximum absolute atomic E-state index is 12.4. The Morgan fingerprint density at radius 3 is 2.71 bits per heavy atom. The average Bonchev–Trinajstić information content (AvgIpc) is 2.65. The van der Waals surface area contributed by atoms with E-state index in [1.54, 1.807) is 31.3 Å². The van der Waals surface area contributed by atoms with E-state index >= 15 is 0 Å².